The van der Waals surface area contributed by atoms with Gasteiger partial charge in [-0.3, -0.25) is 4.79 Å². The fourth-order valence-electron chi connectivity index (χ4n) is 0.970. The van der Waals surface area contributed by atoms with Crippen molar-refractivity contribution >= 4 is 5.91 Å². The summed E-state index contributed by atoms with van der Waals surface area (Å²) in [7, 11) is 0. The number of carbonyl (C=O) groups is 1. The summed E-state index contributed by atoms with van der Waals surface area (Å²) < 4.78 is 35.0. The molecule has 0 radical (unpaired) electrons. The molecule has 0 aliphatic rings. The van der Waals surface area contributed by atoms with E-state index in [9.17, 15) is 18.0 Å². The summed E-state index contributed by atoms with van der Waals surface area (Å²) in [6.45, 7) is 1.24. The predicted octanol–water partition coefficient (Wildman–Crippen LogP) is 1.56. The van der Waals surface area contributed by atoms with Crippen LogP contribution in [0.5, 0.6) is 0 Å². The molecule has 0 aromatic heterocycles. The summed E-state index contributed by atoms with van der Waals surface area (Å²) in [5.41, 5.74) is 0. The molecule has 6 heteroatoms. The average Bonchev–Trinajstić information content (AvgIpc) is 1.95. The highest BCUT2D eigenvalue weighted by Gasteiger charge is 2.25. The van der Waals surface area contributed by atoms with E-state index in [1.54, 1.807) is 0 Å². The zero-order valence-corrected chi connectivity index (χ0v) is 7.90. The molecule has 14 heavy (non-hydrogen) atoms. The summed E-state index contributed by atoms with van der Waals surface area (Å²) in [5, 5.41) is 11.2. The fraction of sp³-hybridized carbons (Fsp3) is 0.875. The number of amides is 1. The lowest BCUT2D eigenvalue weighted by molar-refractivity contribution is -0.136. The van der Waals surface area contributed by atoms with Gasteiger partial charge in [0, 0.05) is 13.3 Å². The second-order valence-electron chi connectivity index (χ2n) is 3.08. The SMILES string of the molecule is CC(=O)NC(O)CCCCC(F)(F)F. The molecule has 1 atom stereocenters. The number of unbranched alkanes of at least 4 members (excludes halogenated alkanes) is 1. The second kappa shape index (κ2) is 5.85. The van der Waals surface area contributed by atoms with E-state index in [4.69, 9.17) is 5.11 Å². The van der Waals surface area contributed by atoms with Crippen molar-refractivity contribution in [2.24, 2.45) is 0 Å². The van der Waals surface area contributed by atoms with Crippen LogP contribution in [0.1, 0.15) is 32.6 Å². The van der Waals surface area contributed by atoms with Crippen molar-refractivity contribution < 1.29 is 23.1 Å². The highest BCUT2D eigenvalue weighted by Crippen LogP contribution is 2.22. The summed E-state index contributed by atoms with van der Waals surface area (Å²) >= 11 is 0. The number of hydrogen-bond donors (Lipinski definition) is 2. The van der Waals surface area contributed by atoms with E-state index in [0.717, 1.165) is 0 Å². The first-order valence-electron chi connectivity index (χ1n) is 4.33. The van der Waals surface area contributed by atoms with E-state index in [-0.39, 0.29) is 19.3 Å². The summed E-state index contributed by atoms with van der Waals surface area (Å²) in [6.07, 6.45) is -5.67. The van der Waals surface area contributed by atoms with Crippen LogP contribution in [0.4, 0.5) is 13.2 Å². The number of nitrogens with one attached hydrogen (secondary N) is 1. The van der Waals surface area contributed by atoms with Crippen LogP contribution in [-0.2, 0) is 4.79 Å². The molecule has 2 N–H and O–H groups in total. The van der Waals surface area contributed by atoms with Crippen molar-refractivity contribution in [1.82, 2.24) is 5.32 Å². The molecule has 3 nitrogen and oxygen atoms in total. The van der Waals surface area contributed by atoms with Gasteiger partial charge in [0.1, 0.15) is 6.23 Å². The molecule has 84 valence electrons. The van der Waals surface area contributed by atoms with Gasteiger partial charge in [0.05, 0.1) is 0 Å². The zero-order valence-electron chi connectivity index (χ0n) is 7.90. The van der Waals surface area contributed by atoms with Gasteiger partial charge in [-0.1, -0.05) is 0 Å². The lowest BCUT2D eigenvalue weighted by Crippen LogP contribution is -2.32. The van der Waals surface area contributed by atoms with Gasteiger partial charge in [0.25, 0.3) is 0 Å². The number of rotatable bonds is 5. The third-order valence-corrected chi connectivity index (χ3v) is 1.56. The zero-order chi connectivity index (χ0) is 11.2. The van der Waals surface area contributed by atoms with Crippen molar-refractivity contribution in [3.8, 4) is 0 Å². The van der Waals surface area contributed by atoms with Crippen molar-refractivity contribution in [3.05, 3.63) is 0 Å². The molecule has 0 aromatic rings. The third kappa shape index (κ3) is 9.31. The second-order valence-corrected chi connectivity index (χ2v) is 3.08. The molecule has 1 amide bonds. The Kier molecular flexibility index (Phi) is 5.52. The van der Waals surface area contributed by atoms with E-state index in [2.05, 4.69) is 5.32 Å². The van der Waals surface area contributed by atoms with Gasteiger partial charge in [-0.2, -0.15) is 13.2 Å². The number of aliphatic hydroxyl groups excluding tert-OH is 1. The quantitative estimate of drug-likeness (QED) is 0.538. The number of alkyl halides is 3. The maximum atomic E-state index is 11.7. The molecule has 0 saturated heterocycles. The molecule has 1 unspecified atom stereocenters. The van der Waals surface area contributed by atoms with Crippen LogP contribution in [0.15, 0.2) is 0 Å². The van der Waals surface area contributed by atoms with Gasteiger partial charge >= 0.3 is 6.18 Å². The first-order valence-corrected chi connectivity index (χ1v) is 4.33. The Morgan fingerprint density at radius 3 is 2.43 bits per heavy atom. The van der Waals surface area contributed by atoms with E-state index < -0.39 is 24.7 Å². The Hall–Kier alpha value is -0.780. The van der Waals surface area contributed by atoms with Crippen LogP contribution in [0, 0.1) is 0 Å². The molecular weight excluding hydrogens is 199 g/mol. The predicted molar refractivity (Wildman–Crippen MR) is 44.3 cm³/mol. The van der Waals surface area contributed by atoms with Crippen molar-refractivity contribution in [2.75, 3.05) is 0 Å². The van der Waals surface area contributed by atoms with E-state index >= 15 is 0 Å². The van der Waals surface area contributed by atoms with E-state index in [1.807, 2.05) is 0 Å². The number of halogens is 3. The van der Waals surface area contributed by atoms with Gasteiger partial charge in [-0.05, 0) is 19.3 Å². The highest BCUT2D eigenvalue weighted by molar-refractivity contribution is 5.72. The fourth-order valence-corrected chi connectivity index (χ4v) is 0.970. The minimum atomic E-state index is -4.14. The molecular formula is C8H14F3NO2. The van der Waals surface area contributed by atoms with Crippen LogP contribution < -0.4 is 5.32 Å². The lowest BCUT2D eigenvalue weighted by Gasteiger charge is -2.11. The minimum Gasteiger partial charge on any atom is -0.374 e. The molecule has 0 heterocycles. The number of hydrogen-bond acceptors (Lipinski definition) is 2. The van der Waals surface area contributed by atoms with Crippen LogP contribution in [-0.4, -0.2) is 23.4 Å². The van der Waals surface area contributed by atoms with Crippen LogP contribution >= 0.6 is 0 Å². The number of carbonyl (C=O) groups excluding carboxylic acids is 1. The Morgan fingerprint density at radius 2 is 2.00 bits per heavy atom. The standard InChI is InChI=1S/C8H14F3NO2/c1-6(13)12-7(14)4-2-3-5-8(9,10)11/h7,14H,2-5H2,1H3,(H,12,13). The van der Waals surface area contributed by atoms with Gasteiger partial charge in [-0.15, -0.1) is 0 Å². The highest BCUT2D eigenvalue weighted by atomic mass is 19.4. The van der Waals surface area contributed by atoms with Crippen molar-refractivity contribution in [1.29, 1.82) is 0 Å². The minimum absolute atomic E-state index is 0.0276. The maximum Gasteiger partial charge on any atom is 0.389 e. The monoisotopic (exact) mass is 213 g/mol. The Morgan fingerprint density at radius 1 is 1.43 bits per heavy atom. The molecule has 0 aliphatic heterocycles. The summed E-state index contributed by atoms with van der Waals surface area (Å²) in [4.78, 5) is 10.4. The van der Waals surface area contributed by atoms with Crippen molar-refractivity contribution in [2.45, 2.75) is 45.0 Å². The molecule has 0 spiro atoms. The topological polar surface area (TPSA) is 49.3 Å². The first-order chi connectivity index (χ1) is 6.31. The Bertz CT molecular complexity index is 182. The van der Waals surface area contributed by atoms with Gasteiger partial charge in [-0.25, -0.2) is 0 Å². The first kappa shape index (κ1) is 13.2. The molecule has 0 saturated carbocycles. The Balaban J connectivity index is 3.41. The van der Waals surface area contributed by atoms with Gasteiger partial charge in [0.2, 0.25) is 5.91 Å². The molecule has 0 aliphatic carbocycles. The lowest BCUT2D eigenvalue weighted by atomic mass is 10.2. The average molecular weight is 213 g/mol. The van der Waals surface area contributed by atoms with E-state index in [1.165, 1.54) is 6.92 Å². The molecule has 0 fully saturated rings. The maximum absolute atomic E-state index is 11.7. The van der Waals surface area contributed by atoms with Crippen molar-refractivity contribution in [3.63, 3.8) is 0 Å². The van der Waals surface area contributed by atoms with Gasteiger partial charge < -0.3 is 10.4 Å². The van der Waals surface area contributed by atoms with Crippen LogP contribution in [0.2, 0.25) is 0 Å². The summed E-state index contributed by atoms with van der Waals surface area (Å²) in [6, 6.07) is 0. The normalized spacial score (nSPS) is 13.8. The molecule has 0 rings (SSSR count). The Labute approximate surface area is 80.3 Å². The van der Waals surface area contributed by atoms with Gasteiger partial charge in [0.15, 0.2) is 0 Å². The van der Waals surface area contributed by atoms with Crippen LogP contribution in [0.25, 0.3) is 0 Å². The molecule has 0 bridgehead atoms. The number of aliphatic hydroxyl groups is 1. The van der Waals surface area contributed by atoms with Crippen LogP contribution in [0.3, 0.4) is 0 Å². The third-order valence-electron chi connectivity index (χ3n) is 1.56. The largest absolute Gasteiger partial charge is 0.389 e. The van der Waals surface area contributed by atoms with E-state index in [0.29, 0.717) is 0 Å². The molecule has 0 aromatic carbocycles. The summed E-state index contributed by atoms with van der Waals surface area (Å²) in [5.74, 6) is -0.395. The smallest absolute Gasteiger partial charge is 0.374 e.